The van der Waals surface area contributed by atoms with E-state index in [-0.39, 0.29) is 23.6 Å². The van der Waals surface area contributed by atoms with Crippen LogP contribution in [-0.2, 0) is 25.5 Å². The molecule has 0 saturated heterocycles. The first kappa shape index (κ1) is 24.8. The van der Waals surface area contributed by atoms with E-state index in [9.17, 15) is 14.4 Å². The molecule has 0 aliphatic rings. The predicted molar refractivity (Wildman–Crippen MR) is 126 cm³/mol. The van der Waals surface area contributed by atoms with Gasteiger partial charge in [-0.1, -0.05) is 6.07 Å². The number of hydrogen-bond acceptors (Lipinski definition) is 9. The standard InChI is InChI=1S/C24H25NO8S/c1-5-31-24(28)22-16(17-8-6-14(2)33-17)13-34-23(22)25-20(26)12-32-21(27)11-15-7-9-18(29-3)19(10-15)30-4/h6-10,13H,5,11-12H2,1-4H3,(H,25,26). The lowest BCUT2D eigenvalue weighted by Gasteiger charge is -2.10. The van der Waals surface area contributed by atoms with Gasteiger partial charge in [-0.25, -0.2) is 4.79 Å². The van der Waals surface area contributed by atoms with Crippen LogP contribution in [0.5, 0.6) is 11.5 Å². The molecule has 0 aliphatic heterocycles. The molecular formula is C24H25NO8S. The zero-order chi connectivity index (χ0) is 24.7. The van der Waals surface area contributed by atoms with Gasteiger partial charge in [-0.15, -0.1) is 11.3 Å². The highest BCUT2D eigenvalue weighted by molar-refractivity contribution is 7.15. The fourth-order valence-corrected chi connectivity index (χ4v) is 4.09. The lowest BCUT2D eigenvalue weighted by Crippen LogP contribution is -2.22. The van der Waals surface area contributed by atoms with Crippen LogP contribution in [0.25, 0.3) is 11.3 Å². The van der Waals surface area contributed by atoms with Crippen LogP contribution in [0.4, 0.5) is 5.00 Å². The Morgan fingerprint density at radius 3 is 2.44 bits per heavy atom. The van der Waals surface area contributed by atoms with Gasteiger partial charge in [0.15, 0.2) is 18.1 Å². The molecule has 1 amide bonds. The zero-order valence-corrected chi connectivity index (χ0v) is 20.1. The largest absolute Gasteiger partial charge is 0.493 e. The Bertz CT molecular complexity index is 1180. The van der Waals surface area contributed by atoms with E-state index in [0.717, 1.165) is 11.3 Å². The topological polar surface area (TPSA) is 113 Å². The van der Waals surface area contributed by atoms with Crippen molar-refractivity contribution in [2.24, 2.45) is 0 Å². The van der Waals surface area contributed by atoms with Crippen molar-refractivity contribution in [2.75, 3.05) is 32.8 Å². The number of methoxy groups -OCH3 is 2. The van der Waals surface area contributed by atoms with Crippen LogP contribution in [0.15, 0.2) is 40.1 Å². The van der Waals surface area contributed by atoms with E-state index in [1.54, 1.807) is 49.6 Å². The molecule has 0 atom stereocenters. The van der Waals surface area contributed by atoms with Gasteiger partial charge in [0.2, 0.25) is 0 Å². The maximum absolute atomic E-state index is 12.6. The highest BCUT2D eigenvalue weighted by Gasteiger charge is 2.24. The average molecular weight is 488 g/mol. The van der Waals surface area contributed by atoms with Gasteiger partial charge < -0.3 is 28.7 Å². The third-order valence-corrected chi connectivity index (χ3v) is 5.59. The molecule has 1 N–H and O–H groups in total. The average Bonchev–Trinajstić information content (AvgIpc) is 3.43. The monoisotopic (exact) mass is 487 g/mol. The molecule has 3 rings (SSSR count). The van der Waals surface area contributed by atoms with Crippen molar-refractivity contribution < 1.29 is 37.7 Å². The molecule has 0 radical (unpaired) electrons. The number of carbonyl (C=O) groups is 3. The van der Waals surface area contributed by atoms with Gasteiger partial charge >= 0.3 is 11.9 Å². The van der Waals surface area contributed by atoms with Crippen LogP contribution in [0.1, 0.15) is 28.6 Å². The summed E-state index contributed by atoms with van der Waals surface area (Å²) in [7, 11) is 3.02. The number of nitrogens with one attached hydrogen (secondary N) is 1. The number of furan rings is 1. The normalized spacial score (nSPS) is 10.5. The molecule has 0 bridgehead atoms. The summed E-state index contributed by atoms with van der Waals surface area (Å²) in [6.07, 6.45) is -0.0529. The maximum atomic E-state index is 12.6. The second-order valence-corrected chi connectivity index (χ2v) is 7.94. The Balaban J connectivity index is 1.65. The molecule has 0 unspecified atom stereocenters. The van der Waals surface area contributed by atoms with Crippen LogP contribution in [0.2, 0.25) is 0 Å². The summed E-state index contributed by atoms with van der Waals surface area (Å²) < 4.78 is 26.3. The van der Waals surface area contributed by atoms with Crippen molar-refractivity contribution in [1.29, 1.82) is 0 Å². The number of amides is 1. The van der Waals surface area contributed by atoms with Crippen LogP contribution < -0.4 is 14.8 Å². The lowest BCUT2D eigenvalue weighted by atomic mass is 10.1. The fourth-order valence-electron chi connectivity index (χ4n) is 3.13. The highest BCUT2D eigenvalue weighted by Crippen LogP contribution is 2.37. The SMILES string of the molecule is CCOC(=O)c1c(-c2ccc(C)o2)csc1NC(=O)COC(=O)Cc1ccc(OC)c(OC)c1. The Labute approximate surface area is 200 Å². The van der Waals surface area contributed by atoms with Gasteiger partial charge in [-0.05, 0) is 43.7 Å². The molecule has 0 saturated carbocycles. The van der Waals surface area contributed by atoms with Crippen molar-refractivity contribution in [3.8, 4) is 22.8 Å². The molecule has 180 valence electrons. The van der Waals surface area contributed by atoms with E-state index in [1.165, 1.54) is 14.2 Å². The highest BCUT2D eigenvalue weighted by atomic mass is 32.1. The first-order valence-electron chi connectivity index (χ1n) is 10.4. The second kappa shape index (κ2) is 11.4. The van der Waals surface area contributed by atoms with E-state index in [4.69, 9.17) is 23.4 Å². The first-order valence-corrected chi connectivity index (χ1v) is 11.3. The third-order valence-electron chi connectivity index (χ3n) is 4.69. The van der Waals surface area contributed by atoms with Crippen LogP contribution in [0.3, 0.4) is 0 Å². The van der Waals surface area contributed by atoms with E-state index < -0.39 is 24.5 Å². The van der Waals surface area contributed by atoms with Crippen molar-refractivity contribution >= 4 is 34.2 Å². The predicted octanol–water partition coefficient (Wildman–Crippen LogP) is 4.23. The Morgan fingerprint density at radius 2 is 1.79 bits per heavy atom. The number of ether oxygens (including phenoxy) is 4. The summed E-state index contributed by atoms with van der Waals surface area (Å²) >= 11 is 1.15. The molecule has 0 spiro atoms. The smallest absolute Gasteiger partial charge is 0.341 e. The number of thiophene rings is 1. The molecule has 10 heteroatoms. The van der Waals surface area contributed by atoms with Crippen molar-refractivity contribution in [2.45, 2.75) is 20.3 Å². The summed E-state index contributed by atoms with van der Waals surface area (Å²) in [5.74, 6) is 0.421. The summed E-state index contributed by atoms with van der Waals surface area (Å²) in [6, 6.07) is 8.56. The van der Waals surface area contributed by atoms with Gasteiger partial charge in [-0.3, -0.25) is 9.59 Å². The number of rotatable bonds is 10. The number of carbonyl (C=O) groups excluding carboxylic acids is 3. The van der Waals surface area contributed by atoms with E-state index >= 15 is 0 Å². The van der Waals surface area contributed by atoms with Gasteiger partial charge in [-0.2, -0.15) is 0 Å². The molecule has 2 aromatic heterocycles. The van der Waals surface area contributed by atoms with E-state index in [1.807, 2.05) is 0 Å². The van der Waals surface area contributed by atoms with Gasteiger partial charge in [0.1, 0.15) is 22.1 Å². The van der Waals surface area contributed by atoms with Crippen molar-refractivity contribution in [1.82, 2.24) is 0 Å². The van der Waals surface area contributed by atoms with Crippen LogP contribution in [0, 0.1) is 6.92 Å². The quantitative estimate of drug-likeness (QED) is 0.423. The Kier molecular flexibility index (Phi) is 8.31. The molecule has 1 aromatic carbocycles. The van der Waals surface area contributed by atoms with Crippen molar-refractivity contribution in [3.63, 3.8) is 0 Å². The third kappa shape index (κ3) is 5.96. The minimum absolute atomic E-state index is 0.0529. The number of hydrogen-bond donors (Lipinski definition) is 1. The molecule has 3 aromatic rings. The molecule has 0 fully saturated rings. The summed E-state index contributed by atoms with van der Waals surface area (Å²) in [5.41, 5.74) is 1.34. The molecular weight excluding hydrogens is 462 g/mol. The van der Waals surface area contributed by atoms with E-state index in [2.05, 4.69) is 5.32 Å². The number of benzene rings is 1. The minimum Gasteiger partial charge on any atom is -0.493 e. The summed E-state index contributed by atoms with van der Waals surface area (Å²) in [5, 5.41) is 4.60. The van der Waals surface area contributed by atoms with Crippen molar-refractivity contribution in [3.05, 3.63) is 52.6 Å². The zero-order valence-electron chi connectivity index (χ0n) is 19.3. The number of anilines is 1. The number of esters is 2. The summed E-state index contributed by atoms with van der Waals surface area (Å²) in [4.78, 5) is 37.2. The molecule has 34 heavy (non-hydrogen) atoms. The van der Waals surface area contributed by atoms with Crippen LogP contribution >= 0.6 is 11.3 Å². The second-order valence-electron chi connectivity index (χ2n) is 7.06. The summed E-state index contributed by atoms with van der Waals surface area (Å²) in [6.45, 7) is 3.14. The fraction of sp³-hybridized carbons (Fsp3) is 0.292. The minimum atomic E-state index is -0.592. The molecule has 9 nitrogen and oxygen atoms in total. The Morgan fingerprint density at radius 1 is 1.03 bits per heavy atom. The van der Waals surface area contributed by atoms with Gasteiger partial charge in [0, 0.05) is 10.9 Å². The first-order chi connectivity index (χ1) is 16.4. The van der Waals surface area contributed by atoms with Gasteiger partial charge in [0.05, 0.1) is 27.2 Å². The lowest BCUT2D eigenvalue weighted by molar-refractivity contribution is -0.146. The van der Waals surface area contributed by atoms with Crippen LogP contribution in [-0.4, -0.2) is 45.3 Å². The molecule has 2 heterocycles. The molecule has 0 aliphatic carbocycles. The Hall–Kier alpha value is -3.79. The maximum Gasteiger partial charge on any atom is 0.341 e. The number of aryl methyl sites for hydroxylation is 1. The van der Waals surface area contributed by atoms with Gasteiger partial charge in [0.25, 0.3) is 5.91 Å². The van der Waals surface area contributed by atoms with E-state index in [0.29, 0.717) is 34.1 Å².